The molecule has 92 valence electrons. The van der Waals surface area contributed by atoms with E-state index in [4.69, 9.17) is 12.2 Å². The maximum absolute atomic E-state index is 4.69. The maximum atomic E-state index is 4.69. The maximum Gasteiger partial charge on any atom is 0.0745 e. The number of isothiocyanates is 1. The molecule has 0 fully saturated rings. The van der Waals surface area contributed by atoms with E-state index in [9.17, 15) is 0 Å². The number of thiocarbonyl (C=S) groups is 1. The molecule has 0 heterocycles. The minimum Gasteiger partial charge on any atom is -0.195 e. The second-order valence-corrected chi connectivity index (χ2v) is 6.65. The number of hydrogen-bond donors (Lipinski definition) is 0. The Balaban J connectivity index is 3.44. The number of rotatable bonds is 1. The van der Waals surface area contributed by atoms with Crippen molar-refractivity contribution in [1.82, 2.24) is 0 Å². The highest BCUT2D eigenvalue weighted by molar-refractivity contribution is 7.78. The number of nitrogens with zero attached hydrogens (tertiary/aromatic N) is 1. The molecule has 0 amide bonds. The Hall–Kier alpha value is -0.980. The van der Waals surface area contributed by atoms with Gasteiger partial charge in [0.15, 0.2) is 0 Å². The molecule has 0 atom stereocenters. The Morgan fingerprint density at radius 3 is 1.59 bits per heavy atom. The molecule has 1 aromatic carbocycles. The zero-order chi connectivity index (χ0) is 13.3. The molecule has 1 nitrogen and oxygen atoms in total. The predicted molar refractivity (Wildman–Crippen MR) is 78.5 cm³/mol. The molecule has 0 aliphatic heterocycles. The van der Waals surface area contributed by atoms with Crippen molar-refractivity contribution in [2.24, 2.45) is 4.99 Å². The first kappa shape index (κ1) is 14.1. The van der Waals surface area contributed by atoms with Crippen LogP contribution in [0.4, 0.5) is 5.69 Å². The molecule has 0 spiro atoms. The number of benzene rings is 1. The van der Waals surface area contributed by atoms with E-state index in [-0.39, 0.29) is 10.8 Å². The van der Waals surface area contributed by atoms with Gasteiger partial charge in [-0.2, -0.15) is 4.99 Å². The highest BCUT2D eigenvalue weighted by Gasteiger charge is 2.20. The fraction of sp³-hybridized carbons (Fsp3) is 0.533. The van der Waals surface area contributed by atoms with E-state index in [1.165, 1.54) is 11.1 Å². The molecular formula is C15H21NS. The van der Waals surface area contributed by atoms with Crippen LogP contribution in [0.5, 0.6) is 0 Å². The molecule has 0 radical (unpaired) electrons. The van der Waals surface area contributed by atoms with Crippen molar-refractivity contribution in [3.8, 4) is 0 Å². The van der Waals surface area contributed by atoms with Crippen LogP contribution in [-0.4, -0.2) is 5.16 Å². The van der Waals surface area contributed by atoms with Gasteiger partial charge in [-0.15, -0.1) is 0 Å². The van der Waals surface area contributed by atoms with Crippen LogP contribution in [0.15, 0.2) is 23.2 Å². The highest BCUT2D eigenvalue weighted by atomic mass is 32.1. The molecule has 1 rings (SSSR count). The minimum atomic E-state index is 0.118. The van der Waals surface area contributed by atoms with Crippen molar-refractivity contribution in [2.75, 3.05) is 0 Å². The normalized spacial score (nSPS) is 12.1. The third-order valence-corrected chi connectivity index (χ3v) is 2.92. The van der Waals surface area contributed by atoms with E-state index < -0.39 is 0 Å². The lowest BCUT2D eigenvalue weighted by atomic mass is 9.80. The topological polar surface area (TPSA) is 12.4 Å². The lowest BCUT2D eigenvalue weighted by Crippen LogP contribution is -2.16. The molecule has 0 aromatic heterocycles. The van der Waals surface area contributed by atoms with Crippen LogP contribution in [0, 0.1) is 0 Å². The fourth-order valence-electron chi connectivity index (χ4n) is 1.59. The summed E-state index contributed by atoms with van der Waals surface area (Å²) >= 11 is 4.69. The van der Waals surface area contributed by atoms with Crippen LogP contribution in [0.3, 0.4) is 0 Å². The SMILES string of the molecule is CC(C)(C)c1cc(N=C=S)cc(C(C)(C)C)c1. The summed E-state index contributed by atoms with van der Waals surface area (Å²) < 4.78 is 0. The van der Waals surface area contributed by atoms with Crippen molar-refractivity contribution >= 4 is 23.1 Å². The molecule has 0 saturated carbocycles. The summed E-state index contributed by atoms with van der Waals surface area (Å²) in [6.07, 6.45) is 0. The van der Waals surface area contributed by atoms with E-state index in [1.807, 2.05) is 0 Å². The van der Waals surface area contributed by atoms with Crippen LogP contribution in [0.2, 0.25) is 0 Å². The van der Waals surface area contributed by atoms with Gasteiger partial charge in [-0.25, -0.2) is 0 Å². The Bertz CT molecular complexity index is 423. The third kappa shape index (κ3) is 3.76. The summed E-state index contributed by atoms with van der Waals surface area (Å²) in [6, 6.07) is 6.45. The van der Waals surface area contributed by atoms with Crippen LogP contribution in [-0.2, 0) is 10.8 Å². The largest absolute Gasteiger partial charge is 0.195 e. The second kappa shape index (κ2) is 4.72. The van der Waals surface area contributed by atoms with Crippen LogP contribution in [0.25, 0.3) is 0 Å². The molecule has 2 heteroatoms. The first-order chi connectivity index (χ1) is 7.64. The molecule has 17 heavy (non-hydrogen) atoms. The smallest absolute Gasteiger partial charge is 0.0745 e. The van der Waals surface area contributed by atoms with Gasteiger partial charge >= 0.3 is 0 Å². The van der Waals surface area contributed by atoms with Crippen LogP contribution < -0.4 is 0 Å². The molecule has 0 unspecified atom stereocenters. The van der Waals surface area contributed by atoms with Crippen LogP contribution >= 0.6 is 12.2 Å². The molecule has 0 saturated heterocycles. The van der Waals surface area contributed by atoms with Crippen LogP contribution in [0.1, 0.15) is 52.7 Å². The average molecular weight is 247 g/mol. The van der Waals surface area contributed by atoms with Gasteiger partial charge in [-0.1, -0.05) is 47.6 Å². The van der Waals surface area contributed by atoms with Crippen molar-refractivity contribution < 1.29 is 0 Å². The summed E-state index contributed by atoms with van der Waals surface area (Å²) in [5.41, 5.74) is 3.71. The molecule has 1 aromatic rings. The summed E-state index contributed by atoms with van der Waals surface area (Å²) in [5, 5.41) is 2.45. The van der Waals surface area contributed by atoms with Gasteiger partial charge in [0.05, 0.1) is 10.8 Å². The Labute approximate surface area is 110 Å². The standard InChI is InChI=1S/C15H21NS/c1-14(2,3)11-7-12(15(4,5)6)9-13(8-11)16-10-17/h7-9H,1-6H3. The number of hydrogen-bond acceptors (Lipinski definition) is 2. The van der Waals surface area contributed by atoms with E-state index in [2.05, 4.69) is 69.9 Å². The van der Waals surface area contributed by atoms with Crippen molar-refractivity contribution in [3.63, 3.8) is 0 Å². The second-order valence-electron chi connectivity index (χ2n) is 6.47. The molecular weight excluding hydrogens is 226 g/mol. The summed E-state index contributed by atoms with van der Waals surface area (Å²) in [7, 11) is 0. The van der Waals surface area contributed by atoms with Gasteiger partial charge < -0.3 is 0 Å². The van der Waals surface area contributed by atoms with Gasteiger partial charge in [-0.05, 0) is 46.3 Å². The minimum absolute atomic E-state index is 0.118. The van der Waals surface area contributed by atoms with E-state index in [1.54, 1.807) is 0 Å². The zero-order valence-electron chi connectivity index (χ0n) is 11.6. The number of aliphatic imine (C=N–C) groups is 1. The Kier molecular flexibility index (Phi) is 3.91. The van der Waals surface area contributed by atoms with Crippen molar-refractivity contribution in [1.29, 1.82) is 0 Å². The van der Waals surface area contributed by atoms with E-state index in [0.717, 1.165) is 5.69 Å². The zero-order valence-corrected chi connectivity index (χ0v) is 12.4. The highest BCUT2D eigenvalue weighted by Crippen LogP contribution is 2.32. The van der Waals surface area contributed by atoms with Gasteiger partial charge in [0.1, 0.15) is 0 Å². The first-order valence-corrected chi connectivity index (χ1v) is 6.29. The molecule has 0 aliphatic rings. The van der Waals surface area contributed by atoms with Crippen molar-refractivity contribution in [2.45, 2.75) is 52.4 Å². The Morgan fingerprint density at radius 1 is 0.882 bits per heavy atom. The summed E-state index contributed by atoms with van der Waals surface area (Å²) in [5.74, 6) is 0. The average Bonchev–Trinajstić information content (AvgIpc) is 2.15. The first-order valence-electron chi connectivity index (χ1n) is 5.88. The van der Waals surface area contributed by atoms with Gasteiger partial charge in [0.25, 0.3) is 0 Å². The Morgan fingerprint density at radius 2 is 1.29 bits per heavy atom. The summed E-state index contributed by atoms with van der Waals surface area (Å²) in [4.78, 5) is 4.12. The third-order valence-electron chi connectivity index (χ3n) is 2.82. The van der Waals surface area contributed by atoms with E-state index in [0.29, 0.717) is 0 Å². The lowest BCUT2D eigenvalue weighted by Gasteiger charge is -2.25. The van der Waals surface area contributed by atoms with Gasteiger partial charge in [-0.3, -0.25) is 0 Å². The van der Waals surface area contributed by atoms with E-state index >= 15 is 0 Å². The quantitative estimate of drug-likeness (QED) is 0.501. The predicted octanol–water partition coefficient (Wildman–Crippen LogP) is 5.02. The fourth-order valence-corrected chi connectivity index (χ4v) is 1.70. The van der Waals surface area contributed by atoms with Crippen molar-refractivity contribution in [3.05, 3.63) is 29.3 Å². The molecule has 0 N–H and O–H groups in total. The molecule has 0 aliphatic carbocycles. The van der Waals surface area contributed by atoms with Gasteiger partial charge in [0, 0.05) is 0 Å². The summed E-state index contributed by atoms with van der Waals surface area (Å²) in [6.45, 7) is 13.2. The van der Waals surface area contributed by atoms with Gasteiger partial charge in [0.2, 0.25) is 0 Å². The molecule has 0 bridgehead atoms. The lowest BCUT2D eigenvalue weighted by molar-refractivity contribution is 0.569. The monoisotopic (exact) mass is 247 g/mol.